The summed E-state index contributed by atoms with van der Waals surface area (Å²) in [5, 5.41) is 9.74. The highest BCUT2D eigenvalue weighted by molar-refractivity contribution is 6.42. The van der Waals surface area contributed by atoms with Gasteiger partial charge in [0.15, 0.2) is 5.82 Å². The normalized spacial score (nSPS) is 15.7. The third-order valence-electron chi connectivity index (χ3n) is 5.21. The van der Waals surface area contributed by atoms with Crippen LogP contribution in [0.15, 0.2) is 30.3 Å². The summed E-state index contributed by atoms with van der Waals surface area (Å²) in [5.41, 5.74) is 1.62. The molecule has 6 nitrogen and oxygen atoms in total. The molecule has 1 fully saturated rings. The summed E-state index contributed by atoms with van der Waals surface area (Å²) in [6.45, 7) is 5.79. The van der Waals surface area contributed by atoms with E-state index in [1.54, 1.807) is 12.1 Å². The largest absolute Gasteiger partial charge is 0.352 e. The number of rotatable bonds is 6. The molecule has 0 aliphatic carbocycles. The number of hydrogen-bond acceptors (Lipinski definition) is 5. The lowest BCUT2D eigenvalue weighted by molar-refractivity contribution is -0.136. The maximum atomic E-state index is 12.8. The maximum Gasteiger partial charge on any atom is 0.227 e. The number of nitrogens with zero attached hydrogens (tertiary/aromatic N) is 5. The molecule has 1 atom stereocenters. The molecule has 0 bridgehead atoms. The Kier molecular flexibility index (Phi) is 7.33. The van der Waals surface area contributed by atoms with Gasteiger partial charge in [0.25, 0.3) is 0 Å². The fraction of sp³-hybridized carbons (Fsp3) is 0.476. The van der Waals surface area contributed by atoms with E-state index in [1.807, 2.05) is 37.2 Å². The zero-order valence-electron chi connectivity index (χ0n) is 17.1. The van der Waals surface area contributed by atoms with Gasteiger partial charge in [-0.05, 0) is 44.8 Å². The second-order valence-corrected chi connectivity index (χ2v) is 8.40. The highest BCUT2D eigenvalue weighted by atomic mass is 35.5. The number of piperazine rings is 1. The molecule has 1 unspecified atom stereocenters. The van der Waals surface area contributed by atoms with Crippen LogP contribution in [0.5, 0.6) is 0 Å². The van der Waals surface area contributed by atoms with E-state index >= 15 is 0 Å². The fourth-order valence-corrected chi connectivity index (χ4v) is 3.84. The van der Waals surface area contributed by atoms with Crippen molar-refractivity contribution in [2.75, 3.05) is 51.7 Å². The van der Waals surface area contributed by atoms with Crippen LogP contribution in [0.2, 0.25) is 10.0 Å². The van der Waals surface area contributed by atoms with Gasteiger partial charge in [0.05, 0.1) is 21.7 Å². The van der Waals surface area contributed by atoms with Crippen molar-refractivity contribution in [3.8, 4) is 11.3 Å². The minimum absolute atomic E-state index is 0.0572. The molecule has 1 saturated heterocycles. The van der Waals surface area contributed by atoms with Crippen molar-refractivity contribution in [3.63, 3.8) is 0 Å². The van der Waals surface area contributed by atoms with E-state index < -0.39 is 0 Å². The van der Waals surface area contributed by atoms with Crippen molar-refractivity contribution < 1.29 is 4.79 Å². The average Bonchev–Trinajstić information content (AvgIpc) is 2.73. The van der Waals surface area contributed by atoms with Crippen molar-refractivity contribution >= 4 is 34.9 Å². The molecule has 1 aromatic carbocycles. The fourth-order valence-electron chi connectivity index (χ4n) is 3.54. The topological polar surface area (TPSA) is 52.6 Å². The van der Waals surface area contributed by atoms with E-state index in [2.05, 4.69) is 26.9 Å². The van der Waals surface area contributed by atoms with Crippen molar-refractivity contribution in [1.82, 2.24) is 20.0 Å². The molecule has 8 heteroatoms. The predicted molar refractivity (Wildman–Crippen MR) is 119 cm³/mol. The van der Waals surface area contributed by atoms with Crippen LogP contribution in [0.25, 0.3) is 11.3 Å². The van der Waals surface area contributed by atoms with Crippen molar-refractivity contribution in [2.45, 2.75) is 13.3 Å². The lowest BCUT2D eigenvalue weighted by atomic mass is 10.0. The van der Waals surface area contributed by atoms with Crippen molar-refractivity contribution in [1.29, 1.82) is 0 Å². The van der Waals surface area contributed by atoms with Gasteiger partial charge in [-0.3, -0.25) is 4.79 Å². The second-order valence-electron chi connectivity index (χ2n) is 7.59. The molecule has 1 aromatic heterocycles. The first-order valence-electron chi connectivity index (χ1n) is 9.86. The molecule has 1 aliphatic rings. The molecule has 1 aliphatic heterocycles. The van der Waals surface area contributed by atoms with Gasteiger partial charge in [-0.15, -0.1) is 10.2 Å². The summed E-state index contributed by atoms with van der Waals surface area (Å²) < 4.78 is 0. The Balaban J connectivity index is 1.61. The number of amides is 1. The van der Waals surface area contributed by atoms with Crippen molar-refractivity contribution in [3.05, 3.63) is 40.4 Å². The van der Waals surface area contributed by atoms with Crippen LogP contribution in [0.1, 0.15) is 13.3 Å². The van der Waals surface area contributed by atoms with Crippen LogP contribution in [-0.4, -0.2) is 72.7 Å². The third kappa shape index (κ3) is 5.38. The Morgan fingerprint density at radius 1 is 1.07 bits per heavy atom. The van der Waals surface area contributed by atoms with Crippen LogP contribution in [0.4, 0.5) is 5.82 Å². The quantitative estimate of drug-likeness (QED) is 0.692. The molecule has 0 spiro atoms. The van der Waals surface area contributed by atoms with E-state index in [0.717, 1.165) is 43.1 Å². The molecule has 0 radical (unpaired) electrons. The van der Waals surface area contributed by atoms with E-state index in [4.69, 9.17) is 23.2 Å². The number of hydrogen-bond donors (Lipinski definition) is 0. The Labute approximate surface area is 182 Å². The SMILES string of the molecule is CCC(CN(C)C)C(=O)N1CCN(c2ccc(-c3ccc(Cl)c(Cl)c3)nn2)CC1. The second kappa shape index (κ2) is 9.74. The summed E-state index contributed by atoms with van der Waals surface area (Å²) in [4.78, 5) is 19.0. The Morgan fingerprint density at radius 2 is 1.79 bits per heavy atom. The van der Waals surface area contributed by atoms with Gasteiger partial charge in [-0.2, -0.15) is 0 Å². The van der Waals surface area contributed by atoms with Crippen LogP contribution in [-0.2, 0) is 4.79 Å². The first-order chi connectivity index (χ1) is 13.9. The smallest absolute Gasteiger partial charge is 0.227 e. The van der Waals surface area contributed by atoms with Gasteiger partial charge >= 0.3 is 0 Å². The van der Waals surface area contributed by atoms with Gasteiger partial charge in [0, 0.05) is 38.3 Å². The minimum atomic E-state index is 0.0572. The van der Waals surface area contributed by atoms with Gasteiger partial charge in [0.2, 0.25) is 5.91 Å². The number of carbonyl (C=O) groups excluding carboxylic acids is 1. The standard InChI is InChI=1S/C21H27Cl2N5O/c1-4-15(14-26(2)3)21(29)28-11-9-27(10-12-28)20-8-7-19(24-25-20)16-5-6-17(22)18(23)13-16/h5-8,13,15H,4,9-12,14H2,1-3H3. The molecule has 29 heavy (non-hydrogen) atoms. The van der Waals surface area contributed by atoms with E-state index in [1.165, 1.54) is 0 Å². The molecule has 2 heterocycles. The maximum absolute atomic E-state index is 12.8. The summed E-state index contributed by atoms with van der Waals surface area (Å²) in [5.74, 6) is 1.13. The molecular formula is C21H27Cl2N5O. The molecular weight excluding hydrogens is 409 g/mol. The number of aromatic nitrogens is 2. The van der Waals surface area contributed by atoms with Crippen LogP contribution in [0, 0.1) is 5.92 Å². The van der Waals surface area contributed by atoms with Crippen LogP contribution in [0.3, 0.4) is 0 Å². The van der Waals surface area contributed by atoms with Crippen LogP contribution >= 0.6 is 23.2 Å². The molecule has 0 saturated carbocycles. The lowest BCUT2D eigenvalue weighted by Crippen LogP contribution is -2.51. The number of benzene rings is 1. The van der Waals surface area contributed by atoms with E-state index in [-0.39, 0.29) is 11.8 Å². The van der Waals surface area contributed by atoms with E-state index in [0.29, 0.717) is 23.1 Å². The molecule has 2 aromatic rings. The first-order valence-corrected chi connectivity index (χ1v) is 10.6. The zero-order chi connectivity index (χ0) is 21.0. The first kappa shape index (κ1) is 21.8. The van der Waals surface area contributed by atoms with Gasteiger partial charge in [0.1, 0.15) is 0 Å². The molecule has 1 amide bonds. The summed E-state index contributed by atoms with van der Waals surface area (Å²) in [7, 11) is 4.02. The summed E-state index contributed by atoms with van der Waals surface area (Å²) in [6.07, 6.45) is 0.860. The Bertz CT molecular complexity index is 835. The lowest BCUT2D eigenvalue weighted by Gasteiger charge is -2.37. The zero-order valence-corrected chi connectivity index (χ0v) is 18.6. The van der Waals surface area contributed by atoms with Crippen LogP contribution < -0.4 is 4.90 Å². The van der Waals surface area contributed by atoms with Gasteiger partial charge in [-0.25, -0.2) is 0 Å². The third-order valence-corrected chi connectivity index (χ3v) is 5.95. The molecule has 0 N–H and O–H groups in total. The number of carbonyl (C=O) groups is 1. The molecule has 156 valence electrons. The summed E-state index contributed by atoms with van der Waals surface area (Å²) in [6, 6.07) is 9.31. The van der Waals surface area contributed by atoms with Crippen molar-refractivity contribution in [2.24, 2.45) is 5.92 Å². The minimum Gasteiger partial charge on any atom is -0.352 e. The van der Waals surface area contributed by atoms with Gasteiger partial charge < -0.3 is 14.7 Å². The highest BCUT2D eigenvalue weighted by Gasteiger charge is 2.27. The van der Waals surface area contributed by atoms with E-state index in [9.17, 15) is 4.79 Å². The predicted octanol–water partition coefficient (Wildman–Crippen LogP) is 3.69. The summed E-state index contributed by atoms with van der Waals surface area (Å²) >= 11 is 12.1. The van der Waals surface area contributed by atoms with Gasteiger partial charge in [-0.1, -0.05) is 36.2 Å². The Morgan fingerprint density at radius 3 is 2.34 bits per heavy atom. The number of anilines is 1. The Hall–Kier alpha value is -1.89. The highest BCUT2D eigenvalue weighted by Crippen LogP contribution is 2.28. The molecule has 3 rings (SSSR count). The monoisotopic (exact) mass is 435 g/mol. The number of halogens is 2. The average molecular weight is 436 g/mol.